The first-order valence-electron chi connectivity index (χ1n) is 4.93. The number of ether oxygens (including phenoxy) is 2. The molecule has 0 aromatic heterocycles. The number of aldehydes is 1. The van der Waals surface area contributed by atoms with Gasteiger partial charge in [-0.2, -0.15) is 0 Å². The van der Waals surface area contributed by atoms with Crippen molar-refractivity contribution in [1.82, 2.24) is 0 Å². The van der Waals surface area contributed by atoms with E-state index < -0.39 is 0 Å². The molecule has 0 bridgehead atoms. The molecule has 0 amide bonds. The van der Waals surface area contributed by atoms with Crippen LogP contribution in [-0.4, -0.2) is 26.0 Å². The van der Waals surface area contributed by atoms with Crippen molar-refractivity contribution in [3.8, 4) is 5.75 Å². The lowest BCUT2D eigenvalue weighted by Crippen LogP contribution is -2.03. The molecule has 4 nitrogen and oxygen atoms in total. The lowest BCUT2D eigenvalue weighted by Gasteiger charge is -2.06. The molecule has 0 heterocycles. The molecule has 86 valence electrons. The van der Waals surface area contributed by atoms with Gasteiger partial charge in [-0.3, -0.25) is 9.59 Å². The standard InChI is InChI=1S/C12H14O4/c1-9(14)16-6-5-10-3-4-12(15-2)11(7-10)8-13/h3-4,7-8H,5-6H2,1-2H3. The first kappa shape index (κ1) is 12.2. The summed E-state index contributed by atoms with van der Waals surface area (Å²) in [5.41, 5.74) is 1.44. The Morgan fingerprint density at radius 3 is 2.75 bits per heavy atom. The van der Waals surface area contributed by atoms with Crippen LogP contribution in [0.2, 0.25) is 0 Å². The second kappa shape index (κ2) is 5.90. The summed E-state index contributed by atoms with van der Waals surface area (Å²) >= 11 is 0. The van der Waals surface area contributed by atoms with Crippen LogP contribution in [0.4, 0.5) is 0 Å². The molecular formula is C12H14O4. The van der Waals surface area contributed by atoms with Gasteiger partial charge in [0.25, 0.3) is 0 Å². The highest BCUT2D eigenvalue weighted by atomic mass is 16.5. The van der Waals surface area contributed by atoms with E-state index in [2.05, 4.69) is 0 Å². The van der Waals surface area contributed by atoms with Gasteiger partial charge in [0.15, 0.2) is 6.29 Å². The Kier molecular flexibility index (Phi) is 4.51. The van der Waals surface area contributed by atoms with Crippen molar-refractivity contribution in [2.75, 3.05) is 13.7 Å². The Balaban J connectivity index is 2.67. The van der Waals surface area contributed by atoms with Crippen LogP contribution in [0, 0.1) is 0 Å². The van der Waals surface area contributed by atoms with Crippen molar-refractivity contribution in [2.45, 2.75) is 13.3 Å². The Morgan fingerprint density at radius 2 is 2.19 bits per heavy atom. The lowest BCUT2D eigenvalue weighted by molar-refractivity contribution is -0.140. The summed E-state index contributed by atoms with van der Waals surface area (Å²) in [7, 11) is 1.51. The zero-order chi connectivity index (χ0) is 12.0. The van der Waals surface area contributed by atoms with Gasteiger partial charge < -0.3 is 9.47 Å². The fourth-order valence-corrected chi connectivity index (χ4v) is 1.34. The number of rotatable bonds is 5. The van der Waals surface area contributed by atoms with Crippen LogP contribution in [0.3, 0.4) is 0 Å². The van der Waals surface area contributed by atoms with E-state index >= 15 is 0 Å². The first-order valence-corrected chi connectivity index (χ1v) is 4.93. The Labute approximate surface area is 94.2 Å². The van der Waals surface area contributed by atoms with Crippen LogP contribution < -0.4 is 4.74 Å². The van der Waals surface area contributed by atoms with E-state index in [1.54, 1.807) is 12.1 Å². The summed E-state index contributed by atoms with van der Waals surface area (Å²) in [6, 6.07) is 5.30. The van der Waals surface area contributed by atoms with Crippen molar-refractivity contribution in [3.63, 3.8) is 0 Å². The minimum atomic E-state index is -0.302. The van der Waals surface area contributed by atoms with Crippen molar-refractivity contribution < 1.29 is 19.1 Å². The molecule has 1 rings (SSSR count). The number of carbonyl (C=O) groups excluding carboxylic acids is 2. The summed E-state index contributed by atoms with van der Waals surface area (Å²) < 4.78 is 9.83. The highest BCUT2D eigenvalue weighted by Crippen LogP contribution is 2.18. The minimum Gasteiger partial charge on any atom is -0.496 e. The molecule has 1 aromatic rings. The molecule has 0 atom stereocenters. The monoisotopic (exact) mass is 222 g/mol. The maximum Gasteiger partial charge on any atom is 0.302 e. The molecule has 0 radical (unpaired) electrons. The summed E-state index contributed by atoms with van der Waals surface area (Å²) in [6.07, 6.45) is 1.33. The maximum atomic E-state index is 10.8. The third kappa shape index (κ3) is 3.38. The van der Waals surface area contributed by atoms with Gasteiger partial charge in [0.2, 0.25) is 0 Å². The third-order valence-corrected chi connectivity index (χ3v) is 2.12. The van der Waals surface area contributed by atoms with E-state index in [9.17, 15) is 9.59 Å². The number of hydrogen-bond acceptors (Lipinski definition) is 4. The van der Waals surface area contributed by atoms with Gasteiger partial charge in [-0.15, -0.1) is 0 Å². The van der Waals surface area contributed by atoms with E-state index in [-0.39, 0.29) is 5.97 Å². The van der Waals surface area contributed by atoms with Crippen molar-refractivity contribution in [2.24, 2.45) is 0 Å². The van der Waals surface area contributed by atoms with Crippen LogP contribution >= 0.6 is 0 Å². The molecule has 0 aliphatic rings. The Morgan fingerprint density at radius 1 is 1.44 bits per heavy atom. The predicted octanol–water partition coefficient (Wildman–Crippen LogP) is 1.61. The van der Waals surface area contributed by atoms with Crippen LogP contribution in [-0.2, 0) is 16.0 Å². The van der Waals surface area contributed by atoms with E-state index in [0.29, 0.717) is 24.3 Å². The second-order valence-corrected chi connectivity index (χ2v) is 3.28. The van der Waals surface area contributed by atoms with Crippen LogP contribution in [0.25, 0.3) is 0 Å². The lowest BCUT2D eigenvalue weighted by atomic mass is 10.1. The minimum absolute atomic E-state index is 0.302. The molecule has 16 heavy (non-hydrogen) atoms. The van der Waals surface area contributed by atoms with E-state index in [4.69, 9.17) is 9.47 Å². The van der Waals surface area contributed by atoms with Gasteiger partial charge in [0, 0.05) is 13.3 Å². The van der Waals surface area contributed by atoms with Gasteiger partial charge in [0.1, 0.15) is 5.75 Å². The van der Waals surface area contributed by atoms with Gasteiger partial charge in [-0.1, -0.05) is 6.07 Å². The predicted molar refractivity (Wildman–Crippen MR) is 58.7 cm³/mol. The van der Waals surface area contributed by atoms with Crippen molar-refractivity contribution in [3.05, 3.63) is 29.3 Å². The molecule has 0 spiro atoms. The smallest absolute Gasteiger partial charge is 0.302 e. The maximum absolute atomic E-state index is 10.8. The zero-order valence-corrected chi connectivity index (χ0v) is 9.36. The number of methoxy groups -OCH3 is 1. The topological polar surface area (TPSA) is 52.6 Å². The summed E-state index contributed by atoms with van der Waals surface area (Å²) in [4.78, 5) is 21.3. The molecule has 0 unspecified atom stereocenters. The Bertz CT molecular complexity index is 385. The number of hydrogen-bond donors (Lipinski definition) is 0. The van der Waals surface area contributed by atoms with Gasteiger partial charge in [-0.25, -0.2) is 0 Å². The third-order valence-electron chi connectivity index (χ3n) is 2.12. The normalized spacial score (nSPS) is 9.62. The van der Waals surface area contributed by atoms with Crippen molar-refractivity contribution >= 4 is 12.3 Å². The average molecular weight is 222 g/mol. The summed E-state index contributed by atoms with van der Waals surface area (Å²) in [6.45, 7) is 1.69. The van der Waals surface area contributed by atoms with Gasteiger partial charge in [-0.05, 0) is 17.7 Å². The SMILES string of the molecule is COc1ccc(CCOC(C)=O)cc1C=O. The Hall–Kier alpha value is -1.84. The van der Waals surface area contributed by atoms with E-state index in [1.165, 1.54) is 14.0 Å². The number of carbonyl (C=O) groups is 2. The largest absolute Gasteiger partial charge is 0.496 e. The first-order chi connectivity index (χ1) is 7.67. The summed E-state index contributed by atoms with van der Waals surface area (Å²) in [5.74, 6) is 0.246. The van der Waals surface area contributed by atoms with E-state index in [0.717, 1.165) is 11.8 Å². The molecule has 0 saturated carbocycles. The summed E-state index contributed by atoms with van der Waals surface area (Å²) in [5, 5.41) is 0. The zero-order valence-electron chi connectivity index (χ0n) is 9.36. The van der Waals surface area contributed by atoms with Gasteiger partial charge in [0.05, 0.1) is 19.3 Å². The molecule has 0 aliphatic heterocycles. The van der Waals surface area contributed by atoms with Crippen LogP contribution in [0.5, 0.6) is 5.75 Å². The van der Waals surface area contributed by atoms with Gasteiger partial charge >= 0.3 is 5.97 Å². The average Bonchev–Trinajstić information content (AvgIpc) is 2.28. The fraction of sp³-hybridized carbons (Fsp3) is 0.333. The quantitative estimate of drug-likeness (QED) is 0.561. The van der Waals surface area contributed by atoms with Crippen LogP contribution in [0.1, 0.15) is 22.8 Å². The molecule has 0 saturated heterocycles. The van der Waals surface area contributed by atoms with Crippen molar-refractivity contribution in [1.29, 1.82) is 0 Å². The highest BCUT2D eigenvalue weighted by molar-refractivity contribution is 5.79. The number of benzene rings is 1. The molecule has 4 heteroatoms. The molecule has 0 N–H and O–H groups in total. The molecular weight excluding hydrogens is 208 g/mol. The second-order valence-electron chi connectivity index (χ2n) is 3.28. The van der Waals surface area contributed by atoms with Crippen LogP contribution in [0.15, 0.2) is 18.2 Å². The highest BCUT2D eigenvalue weighted by Gasteiger charge is 2.03. The fourth-order valence-electron chi connectivity index (χ4n) is 1.34. The number of esters is 1. The molecule has 0 aliphatic carbocycles. The van der Waals surface area contributed by atoms with E-state index in [1.807, 2.05) is 6.07 Å². The molecule has 0 fully saturated rings. The molecule has 1 aromatic carbocycles.